The topological polar surface area (TPSA) is 34.1 Å². The van der Waals surface area contributed by atoms with Gasteiger partial charge in [-0.3, -0.25) is 9.59 Å². The quantitative estimate of drug-likeness (QED) is 0.0318. The second-order valence-electron chi connectivity index (χ2n) is 20.3. The van der Waals surface area contributed by atoms with Crippen molar-refractivity contribution >= 4 is 35.2 Å². The Morgan fingerprint density at radius 2 is 0.652 bits per heavy atom. The predicted octanol–water partition coefficient (Wildman–Crippen LogP) is 20.3. The SMILES string of the molecule is CCCCCCCCC1(CCCCCCCC)c2cc(-c3ccc(C=O)s3)ccc2-c2cc3c(cc21)-c1ccc(-c2ccc(C=O)s2)cc1C3(CCCCCCCC)CCCCCCCC. The van der Waals surface area contributed by atoms with Crippen LogP contribution in [0.1, 0.15) is 249 Å². The van der Waals surface area contributed by atoms with Crippen molar-refractivity contribution in [2.75, 3.05) is 0 Å². The highest BCUT2D eigenvalue weighted by atomic mass is 32.1. The van der Waals surface area contributed by atoms with E-state index in [1.165, 1.54) is 223 Å². The molecule has 0 saturated carbocycles. The maximum absolute atomic E-state index is 11.9. The van der Waals surface area contributed by atoms with Crippen LogP contribution >= 0.6 is 22.7 Å². The van der Waals surface area contributed by atoms with Crippen LogP contribution in [-0.2, 0) is 10.8 Å². The van der Waals surface area contributed by atoms with Gasteiger partial charge in [-0.2, -0.15) is 0 Å². The van der Waals surface area contributed by atoms with E-state index in [9.17, 15) is 9.59 Å². The van der Waals surface area contributed by atoms with Gasteiger partial charge in [0.1, 0.15) is 0 Å². The second kappa shape index (κ2) is 25.1. The van der Waals surface area contributed by atoms with Gasteiger partial charge >= 0.3 is 0 Å². The Bertz CT molecular complexity index is 2110. The Kier molecular flexibility index (Phi) is 19.1. The third kappa shape index (κ3) is 11.5. The Hall–Kier alpha value is -3.60. The van der Waals surface area contributed by atoms with E-state index in [0.29, 0.717) is 0 Å². The van der Waals surface area contributed by atoms with Crippen molar-refractivity contribution < 1.29 is 9.59 Å². The monoisotopic (exact) mass is 923 g/mol. The molecule has 0 radical (unpaired) electrons. The first-order valence-corrected chi connectivity index (χ1v) is 28.7. The second-order valence-corrected chi connectivity index (χ2v) is 22.6. The number of fused-ring (bicyclic) bond motifs is 6. The molecule has 2 nitrogen and oxygen atoms in total. The minimum absolute atomic E-state index is 0.0535. The maximum Gasteiger partial charge on any atom is 0.160 e. The predicted molar refractivity (Wildman–Crippen MR) is 288 cm³/mol. The molecule has 3 aromatic carbocycles. The molecule has 2 aliphatic carbocycles. The summed E-state index contributed by atoms with van der Waals surface area (Å²) in [7, 11) is 0. The number of hydrogen-bond donors (Lipinski definition) is 0. The molecule has 0 amide bonds. The molecular weight excluding hydrogens is 841 g/mol. The van der Waals surface area contributed by atoms with E-state index < -0.39 is 0 Å². The maximum atomic E-state index is 11.9. The van der Waals surface area contributed by atoms with E-state index in [2.05, 4.69) is 88.4 Å². The first-order valence-electron chi connectivity index (χ1n) is 27.1. The zero-order valence-electron chi connectivity index (χ0n) is 41.5. The van der Waals surface area contributed by atoms with Crippen molar-refractivity contribution in [3.05, 3.63) is 105 Å². The van der Waals surface area contributed by atoms with Crippen molar-refractivity contribution in [1.29, 1.82) is 0 Å². The lowest BCUT2D eigenvalue weighted by atomic mass is 9.68. The standard InChI is InChI=1S/C62H82O2S2/c1-5-9-13-17-21-25-37-61(38-26-22-18-14-10-6-2)55-41-47(59-35-31-49(45-63)65-59)29-33-51(55)53-44-58-54(43-57(53)61)52-34-30-48(60-36-32-50(46-64)66-60)42-56(52)62(58,39-27-23-19-15-11-7-3)40-28-24-20-16-12-8-4/h29-36,41-46H,5-28,37-40H2,1-4H3. The van der Waals surface area contributed by atoms with Gasteiger partial charge in [-0.25, -0.2) is 0 Å². The Morgan fingerprint density at radius 3 is 0.955 bits per heavy atom. The van der Waals surface area contributed by atoms with Crippen LogP contribution in [0.4, 0.5) is 0 Å². The molecule has 0 saturated heterocycles. The van der Waals surface area contributed by atoms with Gasteiger partial charge < -0.3 is 0 Å². The molecule has 0 atom stereocenters. The van der Waals surface area contributed by atoms with Gasteiger partial charge in [-0.1, -0.05) is 206 Å². The molecule has 2 aliphatic rings. The number of aldehydes is 2. The van der Waals surface area contributed by atoms with Gasteiger partial charge in [-0.05, 0) is 130 Å². The largest absolute Gasteiger partial charge is 0.297 e. The Morgan fingerprint density at radius 1 is 0.348 bits per heavy atom. The molecule has 2 aromatic heterocycles. The third-order valence-corrected chi connectivity index (χ3v) is 17.8. The average Bonchev–Trinajstić information content (AvgIpc) is 4.14. The van der Waals surface area contributed by atoms with Crippen LogP contribution < -0.4 is 0 Å². The summed E-state index contributed by atoms with van der Waals surface area (Å²) in [5, 5.41) is 0. The fourth-order valence-corrected chi connectivity index (χ4v) is 13.7. The highest BCUT2D eigenvalue weighted by Crippen LogP contribution is 2.62. The van der Waals surface area contributed by atoms with Crippen LogP contribution in [0.3, 0.4) is 0 Å². The minimum Gasteiger partial charge on any atom is -0.297 e. The van der Waals surface area contributed by atoms with Crippen LogP contribution in [0, 0.1) is 0 Å². The number of thiophene rings is 2. The summed E-state index contributed by atoms with van der Waals surface area (Å²) in [6.07, 6.45) is 38.0. The molecule has 4 heteroatoms. The van der Waals surface area contributed by atoms with Crippen molar-refractivity contribution in [2.24, 2.45) is 0 Å². The first kappa shape index (κ1) is 50.3. The Balaban J connectivity index is 1.40. The van der Waals surface area contributed by atoms with Crippen LogP contribution in [0.2, 0.25) is 0 Å². The number of carbonyl (C=O) groups is 2. The highest BCUT2D eigenvalue weighted by Gasteiger charge is 2.48. The smallest absolute Gasteiger partial charge is 0.160 e. The zero-order valence-corrected chi connectivity index (χ0v) is 43.1. The number of carbonyl (C=O) groups excluding carboxylic acids is 2. The van der Waals surface area contributed by atoms with E-state index >= 15 is 0 Å². The third-order valence-electron chi connectivity index (χ3n) is 15.7. The average molecular weight is 923 g/mol. The summed E-state index contributed by atoms with van der Waals surface area (Å²) in [6.45, 7) is 9.29. The summed E-state index contributed by atoms with van der Waals surface area (Å²) in [6, 6.07) is 28.6. The van der Waals surface area contributed by atoms with Gasteiger partial charge in [0.15, 0.2) is 12.6 Å². The van der Waals surface area contributed by atoms with Gasteiger partial charge in [0.05, 0.1) is 9.75 Å². The van der Waals surface area contributed by atoms with Crippen molar-refractivity contribution in [3.8, 4) is 43.1 Å². The van der Waals surface area contributed by atoms with Crippen LogP contribution in [-0.4, -0.2) is 12.6 Å². The molecular formula is C62H82O2S2. The van der Waals surface area contributed by atoms with Gasteiger partial charge in [0.25, 0.3) is 0 Å². The van der Waals surface area contributed by atoms with Crippen molar-refractivity contribution in [1.82, 2.24) is 0 Å². The van der Waals surface area contributed by atoms with Crippen LogP contribution in [0.15, 0.2) is 72.8 Å². The first-order chi connectivity index (χ1) is 32.5. The lowest BCUT2D eigenvalue weighted by Gasteiger charge is -2.35. The normalized spacial score (nSPS) is 14.0. The fraction of sp³-hybridized carbons (Fsp3) is 0.548. The van der Waals surface area contributed by atoms with Gasteiger partial charge in [-0.15, -0.1) is 22.7 Å². The number of rotatable bonds is 32. The molecule has 354 valence electrons. The molecule has 0 aliphatic heterocycles. The highest BCUT2D eigenvalue weighted by molar-refractivity contribution is 7.17. The number of unbranched alkanes of at least 4 members (excludes halogenated alkanes) is 20. The summed E-state index contributed by atoms with van der Waals surface area (Å²) < 4.78 is 0. The molecule has 7 rings (SSSR count). The molecule has 0 N–H and O–H groups in total. The van der Waals surface area contributed by atoms with Crippen LogP contribution in [0.5, 0.6) is 0 Å². The lowest BCUT2D eigenvalue weighted by molar-refractivity contribution is 0.111. The lowest BCUT2D eigenvalue weighted by Crippen LogP contribution is -2.27. The van der Waals surface area contributed by atoms with E-state index in [-0.39, 0.29) is 10.8 Å². The molecule has 0 fully saturated rings. The molecule has 0 bridgehead atoms. The molecule has 0 spiro atoms. The zero-order chi connectivity index (χ0) is 46.2. The fourth-order valence-electron chi connectivity index (χ4n) is 12.1. The summed E-state index contributed by atoms with van der Waals surface area (Å²) in [5.41, 5.74) is 14.5. The van der Waals surface area contributed by atoms with E-state index in [0.717, 1.165) is 22.3 Å². The van der Waals surface area contributed by atoms with Crippen molar-refractivity contribution in [3.63, 3.8) is 0 Å². The van der Waals surface area contributed by atoms with E-state index in [1.54, 1.807) is 44.9 Å². The minimum atomic E-state index is -0.0535. The van der Waals surface area contributed by atoms with Crippen LogP contribution in [0.25, 0.3) is 43.1 Å². The molecule has 2 heterocycles. The Labute approximate surface area is 408 Å². The van der Waals surface area contributed by atoms with Gasteiger partial charge in [0, 0.05) is 20.6 Å². The summed E-state index contributed by atoms with van der Waals surface area (Å²) >= 11 is 3.26. The van der Waals surface area contributed by atoms with Crippen molar-refractivity contribution in [2.45, 2.75) is 218 Å². The van der Waals surface area contributed by atoms with Gasteiger partial charge in [0.2, 0.25) is 0 Å². The number of benzene rings is 3. The molecule has 0 unspecified atom stereocenters. The summed E-state index contributed by atoms with van der Waals surface area (Å²) in [5.74, 6) is 0. The summed E-state index contributed by atoms with van der Waals surface area (Å²) in [4.78, 5) is 27.8. The molecule has 5 aromatic rings. The number of hydrogen-bond acceptors (Lipinski definition) is 4. The van der Waals surface area contributed by atoms with E-state index in [4.69, 9.17) is 0 Å². The van der Waals surface area contributed by atoms with E-state index in [1.807, 2.05) is 12.1 Å². The molecule has 66 heavy (non-hydrogen) atoms.